The van der Waals surface area contributed by atoms with Crippen LogP contribution in [0.3, 0.4) is 0 Å². The molecule has 0 aromatic carbocycles. The second-order valence-corrected chi connectivity index (χ2v) is 3.98. The molecule has 1 saturated heterocycles. The quantitative estimate of drug-likeness (QED) is 0.598. The lowest BCUT2D eigenvalue weighted by Gasteiger charge is -2.15. The summed E-state index contributed by atoms with van der Waals surface area (Å²) in [4.78, 5) is 13.5. The number of hydrogen-bond donors (Lipinski definition) is 2. The van der Waals surface area contributed by atoms with E-state index in [1.807, 2.05) is 0 Å². The number of nitrogens with one attached hydrogen (secondary N) is 1. The molecule has 0 aliphatic carbocycles. The van der Waals surface area contributed by atoms with Gasteiger partial charge in [0.1, 0.15) is 0 Å². The second-order valence-electron chi connectivity index (χ2n) is 3.98. The number of likely N-dealkylation sites (tertiary alicyclic amines) is 1. The lowest BCUT2D eigenvalue weighted by Crippen LogP contribution is -2.38. The van der Waals surface area contributed by atoms with E-state index in [1.165, 1.54) is 0 Å². The average molecular weight is 215 g/mol. The van der Waals surface area contributed by atoms with Crippen LogP contribution < -0.4 is 11.1 Å². The van der Waals surface area contributed by atoms with Gasteiger partial charge in [0.25, 0.3) is 0 Å². The normalized spacial score (nSPS) is 21.9. The Hall–Kier alpha value is -0.650. The lowest BCUT2D eigenvalue weighted by atomic mass is 10.1. The van der Waals surface area contributed by atoms with Gasteiger partial charge in [-0.05, 0) is 18.9 Å². The van der Waals surface area contributed by atoms with Crippen LogP contribution in [-0.4, -0.2) is 57.2 Å². The van der Waals surface area contributed by atoms with E-state index in [0.29, 0.717) is 25.6 Å². The largest absolute Gasteiger partial charge is 0.384 e. The fraction of sp³-hybridized carbons (Fsp3) is 0.900. The predicted octanol–water partition coefficient (Wildman–Crippen LogP) is -0.970. The maximum absolute atomic E-state index is 11.4. The molecule has 15 heavy (non-hydrogen) atoms. The molecule has 0 aromatic heterocycles. The van der Waals surface area contributed by atoms with Crippen molar-refractivity contribution in [2.75, 3.05) is 46.4 Å². The Balaban J connectivity index is 2.15. The minimum Gasteiger partial charge on any atom is -0.384 e. The highest BCUT2D eigenvalue weighted by Crippen LogP contribution is 2.15. The van der Waals surface area contributed by atoms with E-state index in [4.69, 9.17) is 10.5 Å². The van der Waals surface area contributed by atoms with Crippen LogP contribution in [0.1, 0.15) is 6.42 Å². The Bertz CT molecular complexity index is 199. The zero-order valence-corrected chi connectivity index (χ0v) is 9.37. The van der Waals surface area contributed by atoms with Gasteiger partial charge in [-0.1, -0.05) is 0 Å². The third-order valence-electron chi connectivity index (χ3n) is 2.61. The van der Waals surface area contributed by atoms with Gasteiger partial charge in [-0.25, -0.2) is 0 Å². The summed E-state index contributed by atoms with van der Waals surface area (Å²) >= 11 is 0. The first-order valence-electron chi connectivity index (χ1n) is 5.44. The van der Waals surface area contributed by atoms with Crippen molar-refractivity contribution in [2.24, 2.45) is 11.7 Å². The van der Waals surface area contributed by atoms with Gasteiger partial charge in [0.05, 0.1) is 13.2 Å². The van der Waals surface area contributed by atoms with Crippen LogP contribution in [0.4, 0.5) is 0 Å². The second kappa shape index (κ2) is 6.76. The molecule has 1 heterocycles. The monoisotopic (exact) mass is 215 g/mol. The molecule has 88 valence electrons. The summed E-state index contributed by atoms with van der Waals surface area (Å²) in [6.45, 7) is 4.29. The number of methoxy groups -OCH3 is 1. The van der Waals surface area contributed by atoms with Crippen molar-refractivity contribution in [1.82, 2.24) is 10.2 Å². The summed E-state index contributed by atoms with van der Waals surface area (Å²) in [6.07, 6.45) is 1.12. The highest BCUT2D eigenvalue weighted by molar-refractivity contribution is 5.78. The summed E-state index contributed by atoms with van der Waals surface area (Å²) in [5.74, 6) is 0.649. The molecule has 1 unspecified atom stereocenters. The third kappa shape index (κ3) is 4.59. The van der Waals surface area contributed by atoms with Crippen LogP contribution in [0.15, 0.2) is 0 Å². The standard InChI is InChI=1S/C10H21N3O2/c1-15-8-9-2-5-13(6-9)7-10(14)12-4-3-11/h9H,2-8,11H2,1H3,(H,12,14). The molecule has 0 radical (unpaired) electrons. The summed E-state index contributed by atoms with van der Waals surface area (Å²) in [5.41, 5.74) is 5.30. The van der Waals surface area contributed by atoms with Gasteiger partial charge < -0.3 is 15.8 Å². The molecule has 1 amide bonds. The first-order chi connectivity index (χ1) is 7.26. The van der Waals surface area contributed by atoms with Gasteiger partial charge in [0.2, 0.25) is 5.91 Å². The molecule has 1 aliphatic heterocycles. The van der Waals surface area contributed by atoms with Crippen LogP contribution in [0, 0.1) is 5.92 Å². The van der Waals surface area contributed by atoms with Gasteiger partial charge >= 0.3 is 0 Å². The van der Waals surface area contributed by atoms with E-state index < -0.39 is 0 Å². The Morgan fingerprint density at radius 2 is 2.47 bits per heavy atom. The average Bonchev–Trinajstić information content (AvgIpc) is 2.63. The molecule has 1 rings (SSSR count). The Labute approximate surface area is 90.9 Å². The first-order valence-corrected chi connectivity index (χ1v) is 5.44. The molecule has 3 N–H and O–H groups in total. The molecular formula is C10H21N3O2. The molecule has 5 heteroatoms. The van der Waals surface area contributed by atoms with E-state index >= 15 is 0 Å². The fourth-order valence-electron chi connectivity index (χ4n) is 1.90. The van der Waals surface area contributed by atoms with Crippen molar-refractivity contribution in [3.8, 4) is 0 Å². The number of hydrogen-bond acceptors (Lipinski definition) is 4. The molecule has 1 aliphatic rings. The highest BCUT2D eigenvalue weighted by atomic mass is 16.5. The molecule has 1 atom stereocenters. The van der Waals surface area contributed by atoms with E-state index in [0.717, 1.165) is 26.1 Å². The van der Waals surface area contributed by atoms with Gasteiger partial charge in [-0.2, -0.15) is 0 Å². The Morgan fingerprint density at radius 3 is 3.13 bits per heavy atom. The summed E-state index contributed by atoms with van der Waals surface area (Å²) < 4.78 is 5.10. The number of nitrogens with zero attached hydrogens (tertiary/aromatic N) is 1. The number of carbonyl (C=O) groups excluding carboxylic acids is 1. The van der Waals surface area contributed by atoms with Gasteiger partial charge in [-0.15, -0.1) is 0 Å². The van der Waals surface area contributed by atoms with Crippen LogP contribution in [0.25, 0.3) is 0 Å². The van der Waals surface area contributed by atoms with Crippen molar-refractivity contribution in [3.63, 3.8) is 0 Å². The highest BCUT2D eigenvalue weighted by Gasteiger charge is 2.23. The van der Waals surface area contributed by atoms with Crippen LogP contribution >= 0.6 is 0 Å². The maximum Gasteiger partial charge on any atom is 0.234 e. The van der Waals surface area contributed by atoms with Gasteiger partial charge in [0.15, 0.2) is 0 Å². The molecular weight excluding hydrogens is 194 g/mol. The number of rotatable bonds is 6. The smallest absolute Gasteiger partial charge is 0.234 e. The van der Waals surface area contributed by atoms with Crippen LogP contribution in [0.5, 0.6) is 0 Å². The van der Waals surface area contributed by atoms with Gasteiger partial charge in [-0.3, -0.25) is 9.69 Å². The molecule has 0 spiro atoms. The van der Waals surface area contributed by atoms with Crippen LogP contribution in [-0.2, 0) is 9.53 Å². The van der Waals surface area contributed by atoms with Crippen molar-refractivity contribution in [3.05, 3.63) is 0 Å². The lowest BCUT2D eigenvalue weighted by molar-refractivity contribution is -0.122. The molecule has 0 saturated carbocycles. The minimum absolute atomic E-state index is 0.0681. The minimum atomic E-state index is 0.0681. The number of carbonyl (C=O) groups is 1. The zero-order chi connectivity index (χ0) is 11.1. The number of ether oxygens (including phenoxy) is 1. The molecule has 0 aromatic rings. The van der Waals surface area contributed by atoms with Crippen molar-refractivity contribution >= 4 is 5.91 Å². The topological polar surface area (TPSA) is 67.6 Å². The number of nitrogens with two attached hydrogens (primary N) is 1. The zero-order valence-electron chi connectivity index (χ0n) is 9.37. The maximum atomic E-state index is 11.4. The third-order valence-corrected chi connectivity index (χ3v) is 2.61. The number of amides is 1. The van der Waals surface area contributed by atoms with Crippen molar-refractivity contribution in [1.29, 1.82) is 0 Å². The summed E-state index contributed by atoms with van der Waals surface area (Å²) in [7, 11) is 1.72. The Morgan fingerprint density at radius 1 is 1.67 bits per heavy atom. The van der Waals surface area contributed by atoms with Crippen molar-refractivity contribution in [2.45, 2.75) is 6.42 Å². The van der Waals surface area contributed by atoms with Gasteiger partial charge in [0, 0.05) is 26.7 Å². The molecule has 1 fully saturated rings. The Kier molecular flexibility index (Phi) is 5.60. The first kappa shape index (κ1) is 12.4. The summed E-state index contributed by atoms with van der Waals surface area (Å²) in [5, 5.41) is 2.77. The van der Waals surface area contributed by atoms with Crippen molar-refractivity contribution < 1.29 is 9.53 Å². The predicted molar refractivity (Wildman–Crippen MR) is 58.5 cm³/mol. The van der Waals surface area contributed by atoms with E-state index in [1.54, 1.807) is 7.11 Å². The SMILES string of the molecule is COCC1CCN(CC(=O)NCCN)C1. The van der Waals surface area contributed by atoms with E-state index in [-0.39, 0.29) is 5.91 Å². The van der Waals surface area contributed by atoms with E-state index in [2.05, 4.69) is 10.2 Å². The van der Waals surface area contributed by atoms with Crippen LogP contribution in [0.2, 0.25) is 0 Å². The van der Waals surface area contributed by atoms with E-state index in [9.17, 15) is 4.79 Å². The molecule has 5 nitrogen and oxygen atoms in total. The molecule has 0 bridgehead atoms. The fourth-order valence-corrected chi connectivity index (χ4v) is 1.90. The summed E-state index contributed by atoms with van der Waals surface area (Å²) in [6, 6.07) is 0.